The molecule has 0 atom stereocenters. The Bertz CT molecular complexity index is 800. The second-order valence-electron chi connectivity index (χ2n) is 6.91. The maximum absolute atomic E-state index is 12.3. The molecule has 2 aromatic rings. The molecule has 2 amide bonds. The van der Waals surface area contributed by atoms with Crippen LogP contribution in [0.1, 0.15) is 50.7 Å². The van der Waals surface area contributed by atoms with E-state index in [4.69, 9.17) is 4.74 Å². The number of carbonyl (C=O) groups excluding carboxylic acids is 2. The number of rotatable bonds is 8. The number of anilines is 2. The van der Waals surface area contributed by atoms with E-state index in [9.17, 15) is 9.59 Å². The fourth-order valence-electron chi connectivity index (χ4n) is 2.71. The first-order valence-electron chi connectivity index (χ1n) is 9.32. The molecule has 0 spiro atoms. The van der Waals surface area contributed by atoms with Gasteiger partial charge in [0.1, 0.15) is 5.75 Å². The first-order valence-corrected chi connectivity index (χ1v) is 9.32. The van der Waals surface area contributed by atoms with E-state index in [1.807, 2.05) is 32.0 Å². The molecule has 0 radical (unpaired) electrons. The minimum absolute atomic E-state index is 0.0371. The second-order valence-corrected chi connectivity index (χ2v) is 6.91. The highest BCUT2D eigenvalue weighted by atomic mass is 16.5. The minimum Gasteiger partial charge on any atom is -0.483 e. The summed E-state index contributed by atoms with van der Waals surface area (Å²) in [5.41, 5.74) is 3.44. The molecule has 0 aliphatic heterocycles. The Morgan fingerprint density at radius 2 is 1.67 bits per heavy atom. The number of nitrogens with one attached hydrogen (secondary N) is 2. The van der Waals surface area contributed by atoms with Crippen LogP contribution < -0.4 is 15.4 Å². The summed E-state index contributed by atoms with van der Waals surface area (Å²) in [7, 11) is 0. The third-order valence-corrected chi connectivity index (χ3v) is 4.06. The molecule has 144 valence electrons. The van der Waals surface area contributed by atoms with Crippen LogP contribution in [0, 0.1) is 6.92 Å². The van der Waals surface area contributed by atoms with E-state index in [0.717, 1.165) is 23.3 Å². The first kappa shape index (κ1) is 20.5. The number of amides is 2. The van der Waals surface area contributed by atoms with Crippen LogP contribution in [-0.2, 0) is 9.59 Å². The fraction of sp³-hybridized carbons (Fsp3) is 0.364. The van der Waals surface area contributed by atoms with Crippen molar-refractivity contribution in [2.24, 2.45) is 0 Å². The Hall–Kier alpha value is -2.82. The van der Waals surface area contributed by atoms with Crippen molar-refractivity contribution in [3.05, 3.63) is 53.6 Å². The molecule has 0 aromatic heterocycles. The van der Waals surface area contributed by atoms with E-state index < -0.39 is 0 Å². The quantitative estimate of drug-likeness (QED) is 0.698. The van der Waals surface area contributed by atoms with E-state index in [1.54, 1.807) is 24.3 Å². The van der Waals surface area contributed by atoms with E-state index in [0.29, 0.717) is 23.7 Å². The Labute approximate surface area is 161 Å². The predicted octanol–water partition coefficient (Wildman–Crippen LogP) is 4.87. The molecule has 27 heavy (non-hydrogen) atoms. The lowest BCUT2D eigenvalue weighted by atomic mass is 10.0. The smallest absolute Gasteiger partial charge is 0.262 e. The van der Waals surface area contributed by atoms with E-state index in [2.05, 4.69) is 24.5 Å². The molecule has 0 aliphatic rings. The molecule has 2 rings (SSSR count). The molecule has 2 N–H and O–H groups in total. The summed E-state index contributed by atoms with van der Waals surface area (Å²) < 4.78 is 5.76. The number of ether oxygens (including phenoxy) is 1. The SMILES string of the molecule is CCCC(=O)Nc1cccc(NC(=O)COc2cc(C)ccc2C(C)C)c1. The van der Waals surface area contributed by atoms with Gasteiger partial charge in [0.05, 0.1) is 0 Å². The first-order chi connectivity index (χ1) is 12.9. The van der Waals surface area contributed by atoms with Gasteiger partial charge in [-0.15, -0.1) is 0 Å². The zero-order chi connectivity index (χ0) is 19.8. The number of hydrogen-bond acceptors (Lipinski definition) is 3. The van der Waals surface area contributed by atoms with Crippen molar-refractivity contribution in [3.63, 3.8) is 0 Å². The van der Waals surface area contributed by atoms with Crippen LogP contribution in [0.4, 0.5) is 11.4 Å². The largest absolute Gasteiger partial charge is 0.483 e. The van der Waals surface area contributed by atoms with Crippen molar-refractivity contribution in [3.8, 4) is 5.75 Å². The highest BCUT2D eigenvalue weighted by Gasteiger charge is 2.11. The van der Waals surface area contributed by atoms with Gasteiger partial charge >= 0.3 is 0 Å². The molecule has 5 heteroatoms. The van der Waals surface area contributed by atoms with E-state index in [1.165, 1.54) is 0 Å². The summed E-state index contributed by atoms with van der Waals surface area (Å²) >= 11 is 0. The Kier molecular flexibility index (Phi) is 7.41. The van der Waals surface area contributed by atoms with Crippen molar-refractivity contribution in [2.75, 3.05) is 17.2 Å². The average Bonchev–Trinajstić information content (AvgIpc) is 2.60. The second kappa shape index (κ2) is 9.76. The normalized spacial score (nSPS) is 10.6. The summed E-state index contributed by atoms with van der Waals surface area (Å²) in [6.45, 7) is 8.06. The van der Waals surface area contributed by atoms with Crippen molar-refractivity contribution in [1.82, 2.24) is 0 Å². The Morgan fingerprint density at radius 3 is 2.30 bits per heavy atom. The molecular weight excluding hydrogens is 340 g/mol. The highest BCUT2D eigenvalue weighted by Crippen LogP contribution is 2.27. The van der Waals surface area contributed by atoms with Crippen LogP contribution in [0.3, 0.4) is 0 Å². The van der Waals surface area contributed by atoms with Gasteiger partial charge in [-0.25, -0.2) is 0 Å². The predicted molar refractivity (Wildman–Crippen MR) is 109 cm³/mol. The molecular formula is C22H28N2O3. The Morgan fingerprint density at radius 1 is 1.00 bits per heavy atom. The van der Waals surface area contributed by atoms with Gasteiger partial charge in [-0.1, -0.05) is 39.0 Å². The van der Waals surface area contributed by atoms with E-state index in [-0.39, 0.29) is 18.4 Å². The van der Waals surface area contributed by atoms with Gasteiger partial charge in [0, 0.05) is 17.8 Å². The molecule has 0 bridgehead atoms. The summed E-state index contributed by atoms with van der Waals surface area (Å²) in [4.78, 5) is 24.0. The maximum Gasteiger partial charge on any atom is 0.262 e. The molecule has 0 aliphatic carbocycles. The minimum atomic E-state index is -0.247. The lowest BCUT2D eigenvalue weighted by molar-refractivity contribution is -0.118. The van der Waals surface area contributed by atoms with Crippen LogP contribution in [0.15, 0.2) is 42.5 Å². The van der Waals surface area contributed by atoms with Crippen LogP contribution >= 0.6 is 0 Å². The number of benzene rings is 2. The van der Waals surface area contributed by atoms with Crippen LogP contribution in [0.5, 0.6) is 5.75 Å². The molecule has 0 saturated carbocycles. The van der Waals surface area contributed by atoms with E-state index >= 15 is 0 Å². The fourth-order valence-corrected chi connectivity index (χ4v) is 2.71. The molecule has 0 saturated heterocycles. The summed E-state index contributed by atoms with van der Waals surface area (Å²) in [5.74, 6) is 0.765. The third kappa shape index (κ3) is 6.44. The lowest BCUT2D eigenvalue weighted by Gasteiger charge is -2.15. The topological polar surface area (TPSA) is 67.4 Å². The van der Waals surface area contributed by atoms with Crippen LogP contribution in [0.2, 0.25) is 0 Å². The highest BCUT2D eigenvalue weighted by molar-refractivity contribution is 5.94. The van der Waals surface area contributed by atoms with Crippen molar-refractivity contribution < 1.29 is 14.3 Å². The molecule has 0 heterocycles. The van der Waals surface area contributed by atoms with Gasteiger partial charge in [-0.3, -0.25) is 9.59 Å². The van der Waals surface area contributed by atoms with Crippen molar-refractivity contribution in [1.29, 1.82) is 0 Å². The average molecular weight is 368 g/mol. The molecule has 2 aromatic carbocycles. The van der Waals surface area contributed by atoms with Gasteiger partial charge < -0.3 is 15.4 Å². The Balaban J connectivity index is 1.97. The maximum atomic E-state index is 12.3. The summed E-state index contributed by atoms with van der Waals surface area (Å²) in [6, 6.07) is 13.1. The molecule has 0 unspecified atom stereocenters. The van der Waals surface area contributed by atoms with Crippen LogP contribution in [0.25, 0.3) is 0 Å². The summed E-state index contributed by atoms with van der Waals surface area (Å²) in [6.07, 6.45) is 1.26. The molecule has 0 fully saturated rings. The third-order valence-electron chi connectivity index (χ3n) is 4.06. The van der Waals surface area contributed by atoms with Gasteiger partial charge in [0.25, 0.3) is 5.91 Å². The zero-order valence-electron chi connectivity index (χ0n) is 16.5. The number of aryl methyl sites for hydroxylation is 1. The monoisotopic (exact) mass is 368 g/mol. The van der Waals surface area contributed by atoms with Crippen molar-refractivity contribution in [2.45, 2.75) is 46.5 Å². The van der Waals surface area contributed by atoms with Gasteiger partial charge in [-0.2, -0.15) is 0 Å². The van der Waals surface area contributed by atoms with Crippen LogP contribution in [-0.4, -0.2) is 18.4 Å². The van der Waals surface area contributed by atoms with Crippen molar-refractivity contribution >= 4 is 23.2 Å². The van der Waals surface area contributed by atoms with Gasteiger partial charge in [0.2, 0.25) is 5.91 Å². The van der Waals surface area contributed by atoms with Gasteiger partial charge in [-0.05, 0) is 54.7 Å². The molecule has 5 nitrogen and oxygen atoms in total. The number of carbonyl (C=O) groups is 2. The van der Waals surface area contributed by atoms with Gasteiger partial charge in [0.15, 0.2) is 6.61 Å². The summed E-state index contributed by atoms with van der Waals surface area (Å²) in [5, 5.41) is 5.62. The standard InChI is InChI=1S/C22H28N2O3/c1-5-7-21(25)23-17-8-6-9-18(13-17)24-22(26)14-27-20-12-16(4)10-11-19(20)15(2)3/h6,8-13,15H,5,7,14H2,1-4H3,(H,23,25)(H,24,26). The lowest BCUT2D eigenvalue weighted by Crippen LogP contribution is -2.21. The number of hydrogen-bond donors (Lipinski definition) is 2. The zero-order valence-corrected chi connectivity index (χ0v) is 16.5.